The summed E-state index contributed by atoms with van der Waals surface area (Å²) in [6.45, 7) is 2.50. The highest BCUT2D eigenvalue weighted by Crippen LogP contribution is 2.36. The third-order valence-electron chi connectivity index (χ3n) is 5.14. The fourth-order valence-electron chi connectivity index (χ4n) is 4.04. The van der Waals surface area contributed by atoms with Gasteiger partial charge in [0.15, 0.2) is 0 Å². The molecule has 0 spiro atoms. The Morgan fingerprint density at radius 1 is 1.23 bits per heavy atom. The van der Waals surface area contributed by atoms with Crippen molar-refractivity contribution in [2.24, 2.45) is 5.92 Å². The van der Waals surface area contributed by atoms with Gasteiger partial charge in [-0.25, -0.2) is 0 Å². The molecule has 5 heteroatoms. The highest BCUT2D eigenvalue weighted by atomic mass is 16.6. The second kappa shape index (κ2) is 6.07. The van der Waals surface area contributed by atoms with Crippen LogP contribution in [0.1, 0.15) is 54.4 Å². The number of amides is 1. The Labute approximate surface area is 130 Å². The van der Waals surface area contributed by atoms with Gasteiger partial charge in [-0.15, -0.1) is 0 Å². The molecule has 1 amide bonds. The van der Waals surface area contributed by atoms with Crippen LogP contribution in [0.25, 0.3) is 0 Å². The lowest BCUT2D eigenvalue weighted by molar-refractivity contribution is -0.385. The van der Waals surface area contributed by atoms with Crippen molar-refractivity contribution in [2.45, 2.75) is 51.5 Å². The van der Waals surface area contributed by atoms with Gasteiger partial charge in [-0.05, 0) is 50.7 Å². The van der Waals surface area contributed by atoms with Gasteiger partial charge in [-0.1, -0.05) is 12.8 Å². The second-order valence-electron chi connectivity index (χ2n) is 6.51. The average Bonchev–Trinajstić information content (AvgIpc) is 2.53. The van der Waals surface area contributed by atoms with Gasteiger partial charge in [-0.3, -0.25) is 14.9 Å². The van der Waals surface area contributed by atoms with Crippen LogP contribution in [-0.2, 0) is 0 Å². The SMILES string of the molecule is Cc1cc(C(=O)N2CCC[C@@H]3CCCC[C@@H]32)ccc1[N+](=O)[O-]. The number of carbonyl (C=O) groups excluding carboxylic acids is 1. The molecule has 1 aliphatic heterocycles. The average molecular weight is 302 g/mol. The van der Waals surface area contributed by atoms with E-state index in [-0.39, 0.29) is 11.6 Å². The number of hydrogen-bond acceptors (Lipinski definition) is 3. The Hall–Kier alpha value is -1.91. The number of fused-ring (bicyclic) bond motifs is 1. The molecule has 0 radical (unpaired) electrons. The van der Waals surface area contributed by atoms with E-state index in [4.69, 9.17) is 0 Å². The Kier molecular flexibility index (Phi) is 4.14. The quantitative estimate of drug-likeness (QED) is 0.618. The third-order valence-corrected chi connectivity index (χ3v) is 5.14. The molecule has 5 nitrogen and oxygen atoms in total. The van der Waals surface area contributed by atoms with Crippen LogP contribution in [0.15, 0.2) is 18.2 Å². The van der Waals surface area contributed by atoms with Crippen molar-refractivity contribution in [1.29, 1.82) is 0 Å². The number of likely N-dealkylation sites (tertiary alicyclic amines) is 1. The van der Waals surface area contributed by atoms with Gasteiger partial charge in [0.05, 0.1) is 4.92 Å². The largest absolute Gasteiger partial charge is 0.335 e. The molecule has 0 unspecified atom stereocenters. The van der Waals surface area contributed by atoms with Crippen LogP contribution in [-0.4, -0.2) is 28.3 Å². The Morgan fingerprint density at radius 3 is 2.68 bits per heavy atom. The lowest BCUT2D eigenvalue weighted by Gasteiger charge is -2.44. The molecule has 2 aliphatic rings. The normalized spacial score (nSPS) is 24.7. The maximum absolute atomic E-state index is 12.8. The van der Waals surface area contributed by atoms with E-state index in [0.717, 1.165) is 19.4 Å². The zero-order valence-electron chi connectivity index (χ0n) is 13.0. The van der Waals surface area contributed by atoms with Crippen molar-refractivity contribution in [3.8, 4) is 0 Å². The minimum atomic E-state index is -0.401. The first-order valence-corrected chi connectivity index (χ1v) is 8.14. The molecule has 1 aliphatic carbocycles. The summed E-state index contributed by atoms with van der Waals surface area (Å²) in [7, 11) is 0. The Balaban J connectivity index is 1.83. The minimum absolute atomic E-state index is 0.0367. The van der Waals surface area contributed by atoms with Gasteiger partial charge < -0.3 is 4.90 Å². The molecule has 1 aromatic rings. The third kappa shape index (κ3) is 2.72. The first kappa shape index (κ1) is 15.0. The maximum atomic E-state index is 12.8. The Bertz CT molecular complexity index is 598. The molecule has 22 heavy (non-hydrogen) atoms. The van der Waals surface area contributed by atoms with Crippen LogP contribution in [0.3, 0.4) is 0 Å². The summed E-state index contributed by atoms with van der Waals surface area (Å²) < 4.78 is 0. The molecule has 0 aromatic heterocycles. The van der Waals surface area contributed by atoms with Crippen molar-refractivity contribution in [2.75, 3.05) is 6.54 Å². The van der Waals surface area contributed by atoms with E-state index in [0.29, 0.717) is 23.1 Å². The van der Waals surface area contributed by atoms with Crippen molar-refractivity contribution >= 4 is 11.6 Å². The number of hydrogen-bond donors (Lipinski definition) is 0. The number of rotatable bonds is 2. The molecular formula is C17H22N2O3. The smallest absolute Gasteiger partial charge is 0.272 e. The first-order valence-electron chi connectivity index (χ1n) is 8.14. The number of nitrogens with zero attached hydrogens (tertiary/aromatic N) is 2. The summed E-state index contributed by atoms with van der Waals surface area (Å²) in [5.41, 5.74) is 1.20. The summed E-state index contributed by atoms with van der Waals surface area (Å²) >= 11 is 0. The van der Waals surface area contributed by atoms with Crippen molar-refractivity contribution < 1.29 is 9.72 Å². The number of benzene rings is 1. The summed E-state index contributed by atoms with van der Waals surface area (Å²) in [5, 5.41) is 10.9. The number of piperidine rings is 1. The predicted molar refractivity (Wildman–Crippen MR) is 83.8 cm³/mol. The van der Waals surface area contributed by atoms with Gasteiger partial charge in [0.2, 0.25) is 0 Å². The van der Waals surface area contributed by atoms with Crippen molar-refractivity contribution in [3.05, 3.63) is 39.4 Å². The zero-order chi connectivity index (χ0) is 15.7. The van der Waals surface area contributed by atoms with Crippen LogP contribution in [0.4, 0.5) is 5.69 Å². The fourth-order valence-corrected chi connectivity index (χ4v) is 4.04. The molecule has 3 rings (SSSR count). The molecule has 2 atom stereocenters. The fraction of sp³-hybridized carbons (Fsp3) is 0.588. The summed E-state index contributed by atoms with van der Waals surface area (Å²) in [6, 6.07) is 5.07. The van der Waals surface area contributed by atoms with Crippen LogP contribution in [0.5, 0.6) is 0 Å². The number of nitro groups is 1. The molecule has 1 saturated heterocycles. The lowest BCUT2D eigenvalue weighted by atomic mass is 9.78. The van der Waals surface area contributed by atoms with Gasteiger partial charge in [0.25, 0.3) is 11.6 Å². The van der Waals surface area contributed by atoms with E-state index in [1.807, 2.05) is 4.90 Å². The molecule has 2 fully saturated rings. The molecule has 118 valence electrons. The van der Waals surface area contributed by atoms with Crippen LogP contribution in [0, 0.1) is 23.0 Å². The predicted octanol–water partition coefficient (Wildman–Crippen LogP) is 3.70. The molecular weight excluding hydrogens is 280 g/mol. The standard InChI is InChI=1S/C17H22N2O3/c1-12-11-14(8-9-15(12)19(21)22)17(20)18-10-4-6-13-5-2-3-7-16(13)18/h8-9,11,13,16H,2-7,10H2,1H3/t13-,16-/m0/s1. The molecule has 0 bridgehead atoms. The minimum Gasteiger partial charge on any atom is -0.335 e. The van der Waals surface area contributed by atoms with E-state index < -0.39 is 4.92 Å². The number of carbonyl (C=O) groups is 1. The van der Waals surface area contributed by atoms with Gasteiger partial charge >= 0.3 is 0 Å². The van der Waals surface area contributed by atoms with Crippen LogP contribution < -0.4 is 0 Å². The summed E-state index contributed by atoms with van der Waals surface area (Å²) in [6.07, 6.45) is 7.10. The van der Waals surface area contributed by atoms with Crippen molar-refractivity contribution in [1.82, 2.24) is 4.90 Å². The van der Waals surface area contributed by atoms with Crippen LogP contribution in [0.2, 0.25) is 0 Å². The highest BCUT2D eigenvalue weighted by Gasteiger charge is 2.36. The maximum Gasteiger partial charge on any atom is 0.272 e. The topological polar surface area (TPSA) is 63.5 Å². The zero-order valence-corrected chi connectivity index (χ0v) is 13.0. The van der Waals surface area contributed by atoms with Gasteiger partial charge in [0, 0.05) is 29.8 Å². The second-order valence-corrected chi connectivity index (χ2v) is 6.51. The summed E-state index contributed by atoms with van der Waals surface area (Å²) in [4.78, 5) is 25.4. The van der Waals surface area contributed by atoms with E-state index in [1.165, 1.54) is 31.7 Å². The molecule has 0 N–H and O–H groups in total. The molecule has 1 saturated carbocycles. The Morgan fingerprint density at radius 2 is 1.95 bits per heavy atom. The highest BCUT2D eigenvalue weighted by molar-refractivity contribution is 5.95. The number of aryl methyl sites for hydroxylation is 1. The first-order chi connectivity index (χ1) is 10.6. The van der Waals surface area contributed by atoms with E-state index in [1.54, 1.807) is 19.1 Å². The molecule has 1 heterocycles. The lowest BCUT2D eigenvalue weighted by Crippen LogP contribution is -2.49. The van der Waals surface area contributed by atoms with E-state index in [9.17, 15) is 14.9 Å². The number of nitro benzene ring substituents is 1. The summed E-state index contributed by atoms with van der Waals surface area (Å²) in [5.74, 6) is 0.681. The van der Waals surface area contributed by atoms with E-state index >= 15 is 0 Å². The van der Waals surface area contributed by atoms with Crippen molar-refractivity contribution in [3.63, 3.8) is 0 Å². The van der Waals surface area contributed by atoms with Crippen LogP contribution >= 0.6 is 0 Å². The molecule has 1 aromatic carbocycles. The van der Waals surface area contributed by atoms with Gasteiger partial charge in [0.1, 0.15) is 0 Å². The van der Waals surface area contributed by atoms with Gasteiger partial charge in [-0.2, -0.15) is 0 Å². The van der Waals surface area contributed by atoms with E-state index in [2.05, 4.69) is 0 Å². The monoisotopic (exact) mass is 302 g/mol.